The van der Waals surface area contributed by atoms with Crippen molar-refractivity contribution in [3.63, 3.8) is 0 Å². The molecule has 8 aromatic rings. The monoisotopic (exact) mass is 658 g/mol. The summed E-state index contributed by atoms with van der Waals surface area (Å²) in [6.07, 6.45) is 2.64. The van der Waals surface area contributed by atoms with Gasteiger partial charge in [0.25, 0.3) is 0 Å². The van der Waals surface area contributed by atoms with Gasteiger partial charge in [-0.25, -0.2) is 0 Å². The third kappa shape index (κ3) is 5.28. The average molecular weight is 659 g/mol. The lowest BCUT2D eigenvalue weighted by Crippen LogP contribution is -2.15. The van der Waals surface area contributed by atoms with Gasteiger partial charge in [0.1, 0.15) is 0 Å². The maximum Gasteiger partial charge on any atom is 0.0165 e. The fourth-order valence-electron chi connectivity index (χ4n) is 8.57. The number of unbranched alkanes of at least 4 members (excludes halogenated alkanes) is 1. The van der Waals surface area contributed by atoms with Crippen LogP contribution in [0.1, 0.15) is 62.8 Å². The van der Waals surface area contributed by atoms with Gasteiger partial charge in [0.15, 0.2) is 0 Å². The fraction of sp³-hybridized carbons (Fsp3) is 0.176. The number of benzene rings is 8. The van der Waals surface area contributed by atoms with E-state index in [0.717, 1.165) is 0 Å². The van der Waals surface area contributed by atoms with Crippen LogP contribution < -0.4 is 0 Å². The molecule has 0 N–H and O–H groups in total. The van der Waals surface area contributed by atoms with Gasteiger partial charge in [-0.05, 0) is 119 Å². The molecule has 250 valence electrons. The molecule has 0 saturated carbocycles. The molecule has 8 aromatic carbocycles. The second kappa shape index (κ2) is 13.0. The van der Waals surface area contributed by atoms with E-state index in [9.17, 15) is 0 Å². The van der Waals surface area contributed by atoms with Crippen LogP contribution in [0.4, 0.5) is 0 Å². The van der Waals surface area contributed by atoms with Gasteiger partial charge in [0.05, 0.1) is 0 Å². The molecule has 0 fully saturated rings. The minimum atomic E-state index is -0.0717. The molecule has 0 amide bonds. The second-order valence-corrected chi connectivity index (χ2v) is 14.7. The Hall–Kier alpha value is -5.46. The quantitative estimate of drug-likeness (QED) is 0.165. The van der Waals surface area contributed by atoms with Crippen LogP contribution in [0.3, 0.4) is 0 Å². The van der Waals surface area contributed by atoms with Gasteiger partial charge in [-0.15, -0.1) is 0 Å². The van der Waals surface area contributed by atoms with E-state index in [1.165, 1.54) is 112 Å². The van der Waals surface area contributed by atoms with Crippen molar-refractivity contribution in [2.24, 2.45) is 0 Å². The zero-order valence-electron chi connectivity index (χ0n) is 30.8. The summed E-state index contributed by atoms with van der Waals surface area (Å²) in [4.78, 5) is 0. The van der Waals surface area contributed by atoms with E-state index in [1.807, 2.05) is 0 Å². The smallest absolute Gasteiger partial charge is 0.0165 e. The summed E-state index contributed by atoms with van der Waals surface area (Å²) < 4.78 is 0. The Kier molecular flexibility index (Phi) is 8.35. The highest BCUT2D eigenvalue weighted by Crippen LogP contribution is 2.53. The van der Waals surface area contributed by atoms with Crippen molar-refractivity contribution in [1.82, 2.24) is 0 Å². The first-order chi connectivity index (χ1) is 24.8. The summed E-state index contributed by atoms with van der Waals surface area (Å²) in [6.45, 7) is 13.6. The molecule has 0 heterocycles. The van der Waals surface area contributed by atoms with Crippen molar-refractivity contribution >= 4 is 32.3 Å². The molecule has 0 nitrogen and oxygen atoms in total. The molecule has 0 spiro atoms. The Labute approximate surface area is 303 Å². The van der Waals surface area contributed by atoms with Gasteiger partial charge in [-0.3, -0.25) is 0 Å². The summed E-state index contributed by atoms with van der Waals surface area (Å²) in [5.74, 6) is 0. The average Bonchev–Trinajstić information content (AvgIpc) is 3.40. The van der Waals surface area contributed by atoms with Gasteiger partial charge in [-0.2, -0.15) is 0 Å². The number of hydrogen-bond donors (Lipinski definition) is 0. The highest BCUT2D eigenvalue weighted by Gasteiger charge is 2.37. The van der Waals surface area contributed by atoms with Gasteiger partial charge < -0.3 is 0 Å². The molecule has 1 aliphatic rings. The lowest BCUT2D eigenvalue weighted by atomic mass is 9.79. The molecule has 1 aliphatic carbocycles. The predicted octanol–water partition coefficient (Wildman–Crippen LogP) is 14.9. The lowest BCUT2D eigenvalue weighted by Gasteiger charge is -2.23. The fourth-order valence-corrected chi connectivity index (χ4v) is 8.57. The molecule has 0 aliphatic heterocycles. The zero-order valence-corrected chi connectivity index (χ0v) is 30.8. The maximum atomic E-state index is 2.47. The van der Waals surface area contributed by atoms with Crippen LogP contribution in [0, 0.1) is 13.8 Å². The molecule has 9 rings (SSSR count). The Morgan fingerprint density at radius 1 is 0.431 bits per heavy atom. The highest BCUT2D eigenvalue weighted by molar-refractivity contribution is 6.22. The van der Waals surface area contributed by atoms with Crippen LogP contribution in [-0.4, -0.2) is 0 Å². The molecule has 0 radical (unpaired) electrons. The van der Waals surface area contributed by atoms with Crippen molar-refractivity contribution in [2.45, 2.75) is 59.8 Å². The Morgan fingerprint density at radius 3 is 1.63 bits per heavy atom. The minimum absolute atomic E-state index is 0.0717. The minimum Gasteiger partial charge on any atom is -0.0654 e. The third-order valence-corrected chi connectivity index (χ3v) is 11.3. The van der Waals surface area contributed by atoms with Crippen LogP contribution in [0.5, 0.6) is 0 Å². The summed E-state index contributed by atoms with van der Waals surface area (Å²) in [6, 6.07) is 54.3. The van der Waals surface area contributed by atoms with Crippen molar-refractivity contribution < 1.29 is 0 Å². The summed E-state index contributed by atoms with van der Waals surface area (Å²) in [5.41, 5.74) is 15.9. The van der Waals surface area contributed by atoms with E-state index >= 15 is 0 Å². The standard InChI is InChI=1S/C47H36.C4H10/c1-29-14-5-7-16-33(29)34-22-13-23-35(30(34)2)45-39-20-11-9-18-37(39)44(38-19-10-12-21-40(38)45)32-25-27-43-42(28-32)41-26-24-31-15-6-8-17-36(31)46(41)47(43,3)4;1-3-4-2/h5-28H,1-4H3;3-4H2,1-2H3. The summed E-state index contributed by atoms with van der Waals surface area (Å²) in [5, 5.41) is 7.82. The number of fused-ring (bicyclic) bond motifs is 7. The Balaban J connectivity index is 0.000000890. The molecule has 0 aromatic heterocycles. The predicted molar refractivity (Wildman–Crippen MR) is 223 cm³/mol. The van der Waals surface area contributed by atoms with E-state index in [1.54, 1.807) is 0 Å². The lowest BCUT2D eigenvalue weighted by molar-refractivity contribution is 0.666. The van der Waals surface area contributed by atoms with Crippen molar-refractivity contribution in [1.29, 1.82) is 0 Å². The van der Waals surface area contributed by atoms with Crippen LogP contribution in [0.15, 0.2) is 146 Å². The zero-order chi connectivity index (χ0) is 35.3. The second-order valence-electron chi connectivity index (χ2n) is 14.7. The van der Waals surface area contributed by atoms with Gasteiger partial charge >= 0.3 is 0 Å². The Bertz CT molecular complexity index is 2540. The number of rotatable bonds is 4. The molecular weight excluding hydrogens is 613 g/mol. The Morgan fingerprint density at radius 2 is 0.980 bits per heavy atom. The molecule has 51 heavy (non-hydrogen) atoms. The van der Waals surface area contributed by atoms with Gasteiger partial charge in [-0.1, -0.05) is 180 Å². The molecule has 0 saturated heterocycles. The van der Waals surface area contributed by atoms with Gasteiger partial charge in [0, 0.05) is 5.41 Å². The van der Waals surface area contributed by atoms with E-state index in [0.29, 0.717) is 0 Å². The highest BCUT2D eigenvalue weighted by atomic mass is 14.4. The summed E-state index contributed by atoms with van der Waals surface area (Å²) >= 11 is 0. The molecular formula is C51H46. The van der Waals surface area contributed by atoms with Crippen LogP contribution in [0.2, 0.25) is 0 Å². The number of hydrogen-bond acceptors (Lipinski definition) is 0. The van der Waals surface area contributed by atoms with Crippen molar-refractivity contribution in [2.75, 3.05) is 0 Å². The van der Waals surface area contributed by atoms with Crippen LogP contribution in [0.25, 0.3) is 76.8 Å². The SMILES string of the molecule is CCCC.Cc1ccccc1-c1cccc(-c2c3ccccc3c(-c3ccc4c(c3)-c3ccc5ccccc5c3C4(C)C)c3ccccc23)c1C. The first kappa shape index (κ1) is 32.7. The van der Waals surface area contributed by atoms with Crippen LogP contribution >= 0.6 is 0 Å². The normalized spacial score (nSPS) is 12.8. The van der Waals surface area contributed by atoms with Crippen molar-refractivity contribution in [3.05, 3.63) is 168 Å². The van der Waals surface area contributed by atoms with Gasteiger partial charge in [0.2, 0.25) is 0 Å². The first-order valence-electron chi connectivity index (χ1n) is 18.6. The van der Waals surface area contributed by atoms with E-state index in [2.05, 4.69) is 187 Å². The topological polar surface area (TPSA) is 0 Å². The van der Waals surface area contributed by atoms with E-state index in [-0.39, 0.29) is 5.41 Å². The molecule has 0 bridgehead atoms. The molecule has 0 unspecified atom stereocenters. The van der Waals surface area contributed by atoms with E-state index < -0.39 is 0 Å². The third-order valence-electron chi connectivity index (χ3n) is 11.3. The maximum absolute atomic E-state index is 2.47. The van der Waals surface area contributed by atoms with Crippen molar-refractivity contribution in [3.8, 4) is 44.5 Å². The number of aryl methyl sites for hydroxylation is 1. The largest absolute Gasteiger partial charge is 0.0654 e. The van der Waals surface area contributed by atoms with E-state index in [4.69, 9.17) is 0 Å². The van der Waals surface area contributed by atoms with Crippen LogP contribution in [-0.2, 0) is 5.41 Å². The first-order valence-corrected chi connectivity index (χ1v) is 18.6. The molecule has 0 heteroatoms. The molecule has 0 atom stereocenters. The summed E-state index contributed by atoms with van der Waals surface area (Å²) in [7, 11) is 0.